The quantitative estimate of drug-likeness (QED) is 0.798. The highest BCUT2D eigenvalue weighted by Gasteiger charge is 2.32. The summed E-state index contributed by atoms with van der Waals surface area (Å²) in [5.41, 5.74) is 3.61. The summed E-state index contributed by atoms with van der Waals surface area (Å²) in [5.74, 6) is 0.164. The van der Waals surface area contributed by atoms with Crippen LogP contribution in [0.1, 0.15) is 35.1 Å². The van der Waals surface area contributed by atoms with Crippen LogP contribution in [0.4, 0.5) is 14.9 Å². The number of nitrogens with one attached hydrogen (secondary N) is 1. The second kappa shape index (κ2) is 6.28. The van der Waals surface area contributed by atoms with Crippen molar-refractivity contribution in [3.8, 4) is 5.88 Å². The lowest BCUT2D eigenvalue weighted by molar-refractivity contribution is 0.224. The van der Waals surface area contributed by atoms with Gasteiger partial charge in [0.25, 0.3) is 0 Å². The third-order valence-electron chi connectivity index (χ3n) is 5.62. The van der Waals surface area contributed by atoms with Crippen LogP contribution in [0.3, 0.4) is 0 Å². The van der Waals surface area contributed by atoms with Crippen LogP contribution in [0.5, 0.6) is 5.88 Å². The highest BCUT2D eigenvalue weighted by Crippen LogP contribution is 2.42. The predicted octanol–water partition coefficient (Wildman–Crippen LogP) is 2.32. The highest BCUT2D eigenvalue weighted by molar-refractivity contribution is 7.91. The summed E-state index contributed by atoms with van der Waals surface area (Å²) < 4.78 is 38.3. The zero-order valence-corrected chi connectivity index (χ0v) is 16.0. The van der Waals surface area contributed by atoms with Crippen molar-refractivity contribution in [3.63, 3.8) is 0 Å². The van der Waals surface area contributed by atoms with Gasteiger partial charge in [0, 0.05) is 18.7 Å². The maximum absolute atomic E-state index is 14.5. The number of amides is 2. The standard InChI is InChI=1S/C18H20FN5O3S/c19-15-10-3-1-4-12(10)16(13-6-5-11(13)15)22-18(25)23-28(20,26)14-9-21-24-7-2-8-27-17(14)24/h9H,1-8H2,(H3,20,22,23,25,26). The Morgan fingerprint density at radius 3 is 2.71 bits per heavy atom. The Labute approximate surface area is 161 Å². The van der Waals surface area contributed by atoms with Crippen molar-refractivity contribution in [1.82, 2.24) is 9.78 Å². The number of ether oxygens (including phenoxy) is 1. The molecule has 0 saturated heterocycles. The molecule has 2 heterocycles. The highest BCUT2D eigenvalue weighted by atomic mass is 32.2. The Morgan fingerprint density at radius 1 is 1.21 bits per heavy atom. The van der Waals surface area contributed by atoms with Crippen molar-refractivity contribution >= 4 is 21.6 Å². The van der Waals surface area contributed by atoms with Crippen LogP contribution in [0.25, 0.3) is 0 Å². The first-order valence-electron chi connectivity index (χ1n) is 9.35. The van der Waals surface area contributed by atoms with Gasteiger partial charge < -0.3 is 10.1 Å². The van der Waals surface area contributed by atoms with Crippen LogP contribution in [0.15, 0.2) is 15.5 Å². The summed E-state index contributed by atoms with van der Waals surface area (Å²) in [4.78, 5) is 12.7. The van der Waals surface area contributed by atoms with Crippen molar-refractivity contribution < 1.29 is 18.1 Å². The van der Waals surface area contributed by atoms with Crippen LogP contribution in [0.2, 0.25) is 0 Å². The zero-order valence-electron chi connectivity index (χ0n) is 15.2. The van der Waals surface area contributed by atoms with E-state index in [1.165, 1.54) is 6.20 Å². The lowest BCUT2D eigenvalue weighted by atomic mass is 9.83. The lowest BCUT2D eigenvalue weighted by Gasteiger charge is -2.26. The van der Waals surface area contributed by atoms with Crippen molar-refractivity contribution in [3.05, 3.63) is 34.3 Å². The summed E-state index contributed by atoms with van der Waals surface area (Å²) in [7, 11) is -3.52. The number of nitrogens with zero attached hydrogens (tertiary/aromatic N) is 3. The Bertz CT molecular complexity index is 1130. The number of nitrogens with two attached hydrogens (primary N) is 1. The van der Waals surface area contributed by atoms with E-state index >= 15 is 0 Å². The molecule has 0 radical (unpaired) electrons. The van der Waals surface area contributed by atoms with E-state index in [2.05, 4.69) is 14.8 Å². The Morgan fingerprint density at radius 2 is 1.93 bits per heavy atom. The fraction of sp³-hybridized carbons (Fsp3) is 0.444. The van der Waals surface area contributed by atoms with Crippen molar-refractivity contribution in [2.45, 2.75) is 50.0 Å². The molecule has 3 aliphatic rings. The van der Waals surface area contributed by atoms with E-state index in [-0.39, 0.29) is 10.7 Å². The largest absolute Gasteiger partial charge is 0.477 e. The predicted molar refractivity (Wildman–Crippen MR) is 100 cm³/mol. The smallest absolute Gasteiger partial charge is 0.354 e. The molecule has 0 fully saturated rings. The van der Waals surface area contributed by atoms with E-state index in [9.17, 15) is 13.4 Å². The maximum Gasteiger partial charge on any atom is 0.354 e. The molecule has 3 N–H and O–H groups in total. The van der Waals surface area contributed by atoms with Gasteiger partial charge in [-0.25, -0.2) is 23.2 Å². The summed E-state index contributed by atoms with van der Waals surface area (Å²) >= 11 is 0. The summed E-state index contributed by atoms with van der Waals surface area (Å²) in [6.45, 7) is 1.10. The molecule has 28 heavy (non-hydrogen) atoms. The molecule has 2 aromatic rings. The van der Waals surface area contributed by atoms with Crippen molar-refractivity contribution in [2.24, 2.45) is 9.50 Å². The molecule has 0 saturated carbocycles. The number of aromatic nitrogens is 2. The first-order valence-corrected chi connectivity index (χ1v) is 10.9. The average molecular weight is 405 g/mol. The fourth-order valence-corrected chi connectivity index (χ4v) is 5.22. The van der Waals surface area contributed by atoms with Gasteiger partial charge in [0.2, 0.25) is 5.88 Å². The van der Waals surface area contributed by atoms with Gasteiger partial charge in [-0.15, -0.1) is 4.36 Å². The van der Waals surface area contributed by atoms with E-state index in [0.29, 0.717) is 61.5 Å². The number of fused-ring (bicyclic) bond motifs is 3. The summed E-state index contributed by atoms with van der Waals surface area (Å²) in [5, 5.41) is 12.7. The number of urea groups is 1. The number of benzene rings is 1. The first-order chi connectivity index (χ1) is 13.5. The second-order valence-electron chi connectivity index (χ2n) is 7.29. The molecule has 10 heteroatoms. The van der Waals surface area contributed by atoms with Gasteiger partial charge in [-0.3, -0.25) is 0 Å². The zero-order chi connectivity index (χ0) is 19.5. The van der Waals surface area contributed by atoms with Crippen LogP contribution >= 0.6 is 0 Å². The minimum atomic E-state index is -3.52. The van der Waals surface area contributed by atoms with Gasteiger partial charge in [-0.2, -0.15) is 5.10 Å². The molecule has 2 amide bonds. The Hall–Kier alpha value is -2.46. The van der Waals surface area contributed by atoms with Crippen molar-refractivity contribution in [1.29, 1.82) is 0 Å². The molecule has 148 valence electrons. The normalized spacial score (nSPS) is 18.8. The molecular weight excluding hydrogens is 385 g/mol. The van der Waals surface area contributed by atoms with E-state index < -0.39 is 15.9 Å². The number of rotatable bonds is 2. The van der Waals surface area contributed by atoms with E-state index in [1.54, 1.807) is 4.68 Å². The Kier molecular flexibility index (Phi) is 3.95. The number of carbonyl (C=O) groups excluding carboxylic acids is 1. The molecule has 8 nitrogen and oxygen atoms in total. The minimum absolute atomic E-state index is 0.111. The summed E-state index contributed by atoms with van der Waals surface area (Å²) in [6.07, 6.45) is 5.72. The number of hydrogen-bond acceptors (Lipinski definition) is 4. The number of aryl methyl sites for hydroxylation is 1. The van der Waals surface area contributed by atoms with Crippen molar-refractivity contribution in [2.75, 3.05) is 11.9 Å². The average Bonchev–Trinajstić information content (AvgIpc) is 3.26. The first kappa shape index (κ1) is 17.6. The molecule has 2 aliphatic carbocycles. The Balaban J connectivity index is 1.49. The van der Waals surface area contributed by atoms with Gasteiger partial charge in [-0.1, -0.05) is 0 Å². The number of halogens is 1. The topological polar surface area (TPSA) is 112 Å². The molecule has 1 unspecified atom stereocenters. The molecule has 1 atom stereocenters. The number of anilines is 1. The molecule has 0 spiro atoms. The van der Waals surface area contributed by atoms with Crippen LogP contribution in [-0.4, -0.2) is 26.6 Å². The second-order valence-corrected chi connectivity index (χ2v) is 9.05. The van der Waals surface area contributed by atoms with Gasteiger partial charge >= 0.3 is 6.03 Å². The summed E-state index contributed by atoms with van der Waals surface area (Å²) in [6, 6.07) is -0.807. The third kappa shape index (κ3) is 2.62. The van der Waals surface area contributed by atoms with Crippen LogP contribution in [0, 0.1) is 5.82 Å². The maximum atomic E-state index is 14.5. The lowest BCUT2D eigenvalue weighted by Crippen LogP contribution is -2.23. The van der Waals surface area contributed by atoms with Gasteiger partial charge in [0.05, 0.1) is 12.8 Å². The van der Waals surface area contributed by atoms with E-state index in [0.717, 1.165) is 24.0 Å². The monoisotopic (exact) mass is 405 g/mol. The SMILES string of the molecule is NS(=O)(=NC(=O)Nc1c2c(c(F)c3c1CC3)CCC2)c1cnn2c1OCCC2. The molecular formula is C18H20FN5O3S. The molecule has 5 rings (SSSR count). The molecule has 1 aromatic carbocycles. The van der Waals surface area contributed by atoms with Gasteiger partial charge in [0.1, 0.15) is 10.7 Å². The van der Waals surface area contributed by atoms with E-state index in [1.807, 2.05) is 0 Å². The van der Waals surface area contributed by atoms with Gasteiger partial charge in [-0.05, 0) is 54.4 Å². The number of carbonyl (C=O) groups is 1. The molecule has 1 aliphatic heterocycles. The minimum Gasteiger partial charge on any atom is -0.477 e. The van der Waals surface area contributed by atoms with Crippen LogP contribution in [-0.2, 0) is 42.1 Å². The van der Waals surface area contributed by atoms with Gasteiger partial charge in [0.15, 0.2) is 9.92 Å². The van der Waals surface area contributed by atoms with Crippen LogP contribution < -0.4 is 15.2 Å². The molecule has 0 bridgehead atoms. The fourth-order valence-electron chi connectivity index (χ4n) is 4.22. The molecule has 1 aromatic heterocycles. The number of hydrogen-bond donors (Lipinski definition) is 2. The van der Waals surface area contributed by atoms with E-state index in [4.69, 9.17) is 9.88 Å². The third-order valence-corrected chi connectivity index (χ3v) is 6.97.